The van der Waals surface area contributed by atoms with Gasteiger partial charge in [0.2, 0.25) is 5.79 Å². The van der Waals surface area contributed by atoms with Crippen LogP contribution in [0.3, 0.4) is 0 Å². The van der Waals surface area contributed by atoms with Gasteiger partial charge in [-0.15, -0.1) is 18.2 Å². The van der Waals surface area contributed by atoms with E-state index in [0.717, 1.165) is 64.3 Å². The van der Waals surface area contributed by atoms with Gasteiger partial charge in [-0.1, -0.05) is 115 Å². The molecule has 1 saturated carbocycles. The van der Waals surface area contributed by atoms with Crippen LogP contribution in [-0.2, 0) is 27.5 Å². The number of hydrogen-bond donors (Lipinski definition) is 2. The number of amides is 1. The van der Waals surface area contributed by atoms with E-state index >= 15 is 0 Å². The predicted octanol–water partition coefficient (Wildman–Crippen LogP) is 12.9. The fraction of sp³-hybridized carbons (Fsp3) is 0.333. The van der Waals surface area contributed by atoms with Crippen LogP contribution >= 0.6 is 11.6 Å². The number of allylic oxidation sites excluding steroid dienone is 1. The number of nitrogens with zero attached hydrogens (tertiary/aromatic N) is 3. The summed E-state index contributed by atoms with van der Waals surface area (Å²) in [5.74, 6) is -0.652. The quantitative estimate of drug-likeness (QED) is 0.0208. The predicted molar refractivity (Wildman–Crippen MR) is 286 cm³/mol. The molecule has 2 N–H and O–H groups in total. The summed E-state index contributed by atoms with van der Waals surface area (Å²) < 4.78 is 27.4. The molecule has 1 fully saturated rings. The molecule has 6 atom stereocenters. The molecule has 6 aromatic carbocycles. The van der Waals surface area contributed by atoms with Crippen molar-refractivity contribution in [2.45, 2.75) is 75.8 Å². The first-order valence-corrected chi connectivity index (χ1v) is 26.0. The van der Waals surface area contributed by atoms with Crippen LogP contribution in [0, 0.1) is 27.9 Å². The van der Waals surface area contributed by atoms with E-state index in [1.807, 2.05) is 97.1 Å². The summed E-state index contributed by atoms with van der Waals surface area (Å²) in [7, 11) is 0. The van der Waals surface area contributed by atoms with Crippen molar-refractivity contribution >= 4 is 39.9 Å². The van der Waals surface area contributed by atoms with E-state index in [9.17, 15) is 25.1 Å². The molecular formula is C60H62ClN3O10. The fourth-order valence-electron chi connectivity index (χ4n) is 11.2. The van der Waals surface area contributed by atoms with Crippen LogP contribution < -0.4 is 9.47 Å². The normalized spacial score (nSPS) is 21.1. The molecule has 1 amide bonds. The van der Waals surface area contributed by atoms with Gasteiger partial charge >= 0.3 is 6.09 Å². The lowest BCUT2D eigenvalue weighted by molar-refractivity contribution is -0.384. The molecule has 0 radical (unpaired) electrons. The molecule has 1 aliphatic heterocycles. The van der Waals surface area contributed by atoms with Crippen molar-refractivity contribution in [2.24, 2.45) is 22.9 Å². The average molecular weight is 1020 g/mol. The van der Waals surface area contributed by atoms with Gasteiger partial charge in [0, 0.05) is 43.2 Å². The van der Waals surface area contributed by atoms with Crippen LogP contribution in [0.4, 0.5) is 10.5 Å². The number of carbonyl (C=O) groups is 1. The second kappa shape index (κ2) is 24.3. The van der Waals surface area contributed by atoms with Crippen LogP contribution in [0.5, 0.6) is 17.2 Å². The highest BCUT2D eigenvalue weighted by atomic mass is 35.5. The minimum atomic E-state index is -1.57. The molecule has 3 aliphatic rings. The number of aliphatic hydroxyl groups excluding tert-OH is 2. The van der Waals surface area contributed by atoms with Gasteiger partial charge in [-0.2, -0.15) is 0 Å². The maximum atomic E-state index is 15.0. The molecule has 9 rings (SSSR count). The molecule has 0 saturated heterocycles. The molecule has 0 unspecified atom stereocenters. The van der Waals surface area contributed by atoms with E-state index < -0.39 is 28.8 Å². The number of ether oxygens (including phenoxy) is 4. The van der Waals surface area contributed by atoms with Crippen molar-refractivity contribution in [1.29, 1.82) is 0 Å². The molecule has 6 aromatic rings. The number of nitro groups is 1. The van der Waals surface area contributed by atoms with Crippen molar-refractivity contribution < 1.29 is 43.7 Å². The van der Waals surface area contributed by atoms with E-state index in [-0.39, 0.29) is 75.3 Å². The summed E-state index contributed by atoms with van der Waals surface area (Å²) in [6, 6.07) is 43.3. The first kappa shape index (κ1) is 51.9. The molecule has 2 aliphatic carbocycles. The molecule has 1 heterocycles. The second-order valence-electron chi connectivity index (χ2n) is 19.0. The summed E-state index contributed by atoms with van der Waals surface area (Å²) >= 11 is 6.21. The highest BCUT2D eigenvalue weighted by molar-refractivity contribution is 6.18. The number of nitro benzene ring substituents is 1. The van der Waals surface area contributed by atoms with Gasteiger partial charge in [-0.05, 0) is 119 Å². The van der Waals surface area contributed by atoms with Crippen LogP contribution in [0.1, 0.15) is 67.6 Å². The molecule has 74 heavy (non-hydrogen) atoms. The Morgan fingerprint density at radius 1 is 0.865 bits per heavy atom. The number of non-ortho nitro benzene ring substituents is 1. The summed E-state index contributed by atoms with van der Waals surface area (Å²) in [4.78, 5) is 34.0. The minimum absolute atomic E-state index is 0.0131. The van der Waals surface area contributed by atoms with Gasteiger partial charge in [0.15, 0.2) is 0 Å². The topological polar surface area (TPSA) is 162 Å². The Bertz CT molecular complexity index is 2940. The van der Waals surface area contributed by atoms with E-state index in [4.69, 9.17) is 40.5 Å². The SMILES string of the molecule is C=CCO[C@@]12Oc3ccc(Oc4ccc(-c5ccccc5)cc4)cc3[C@H]3[C@H](CCCCO)[C@@H](CCCCO)C=C(C(=NOCc4ccc([N+](=O)[O-])cc4)C[C@@H]1N(Cc1cccc4ccccc14)C(=O)OCCCl)[C@H]32. The van der Waals surface area contributed by atoms with Gasteiger partial charge in [0.1, 0.15) is 36.5 Å². The number of unbranched alkanes of at least 4 members (excludes halogenated alkanes) is 2. The first-order chi connectivity index (χ1) is 36.2. The Kier molecular flexibility index (Phi) is 17.1. The molecule has 14 heteroatoms. The lowest BCUT2D eigenvalue weighted by atomic mass is 9.55. The number of aliphatic hydroxyl groups is 2. The van der Waals surface area contributed by atoms with Crippen LogP contribution in [-0.4, -0.2) is 76.0 Å². The highest BCUT2D eigenvalue weighted by Crippen LogP contribution is 2.62. The van der Waals surface area contributed by atoms with E-state index in [2.05, 4.69) is 30.9 Å². The second-order valence-corrected chi connectivity index (χ2v) is 19.4. The minimum Gasteiger partial charge on any atom is -0.459 e. The first-order valence-electron chi connectivity index (χ1n) is 25.5. The summed E-state index contributed by atoms with van der Waals surface area (Å²) in [5.41, 5.74) is 6.00. The highest BCUT2D eigenvalue weighted by Gasteiger charge is 2.66. The lowest BCUT2D eigenvalue weighted by Crippen LogP contribution is -2.70. The van der Waals surface area contributed by atoms with Crippen molar-refractivity contribution in [3.8, 4) is 28.4 Å². The van der Waals surface area contributed by atoms with Crippen LogP contribution in [0.25, 0.3) is 21.9 Å². The Labute approximate surface area is 436 Å². The number of oxime groups is 1. The third-order valence-corrected chi connectivity index (χ3v) is 14.7. The van der Waals surface area contributed by atoms with Crippen molar-refractivity contribution in [3.63, 3.8) is 0 Å². The Morgan fingerprint density at radius 2 is 1.58 bits per heavy atom. The van der Waals surface area contributed by atoms with E-state index in [1.54, 1.807) is 23.1 Å². The Morgan fingerprint density at radius 3 is 2.32 bits per heavy atom. The monoisotopic (exact) mass is 1020 g/mol. The van der Waals surface area contributed by atoms with Gasteiger partial charge in [-0.3, -0.25) is 15.0 Å². The zero-order valence-corrected chi connectivity index (χ0v) is 42.1. The third kappa shape index (κ3) is 11.4. The molecule has 384 valence electrons. The van der Waals surface area contributed by atoms with Gasteiger partial charge in [0.05, 0.1) is 35.6 Å². The maximum Gasteiger partial charge on any atom is 0.410 e. The van der Waals surface area contributed by atoms with Gasteiger partial charge < -0.3 is 34.0 Å². The van der Waals surface area contributed by atoms with Gasteiger partial charge in [-0.25, -0.2) is 4.79 Å². The van der Waals surface area contributed by atoms with E-state index in [1.165, 1.54) is 12.1 Å². The number of rotatable bonds is 23. The standard InChI is InChI=1S/C60H62ClN3O10/c1-2-34-71-60-56(63(59(67)70-35-31-61)39-46-18-12-17-44-15-6-7-19-50(44)46)38-54(62-72-40-41-21-25-47(26-22-41)64(68)69)52-36-45(16-8-10-32-65)51(20-9-11-33-66)57(58(52)60)53-37-49(29-30-55(53)74-60)73-48-27-23-43(24-28-48)42-13-4-3-5-14-42/h2-7,12-15,17-19,21-30,36-37,45,51,56-58,65-66H,1,8-11,16,20,31-35,38-40H2/t45-,51+,56-,57+,58+,60+/m0/s1. The smallest absolute Gasteiger partial charge is 0.410 e. The zero-order valence-electron chi connectivity index (χ0n) is 41.3. The van der Waals surface area contributed by atoms with Crippen molar-refractivity contribution in [3.05, 3.63) is 191 Å². The Hall–Kier alpha value is -7.03. The molecule has 0 aromatic heterocycles. The summed E-state index contributed by atoms with van der Waals surface area (Å²) in [5, 5.41) is 38.6. The van der Waals surface area contributed by atoms with E-state index in [0.29, 0.717) is 41.4 Å². The summed E-state index contributed by atoms with van der Waals surface area (Å²) in [6.07, 6.45) is 7.69. The number of fused-ring (bicyclic) bond motifs is 3. The van der Waals surface area contributed by atoms with Crippen LogP contribution in [0.2, 0.25) is 0 Å². The zero-order chi connectivity index (χ0) is 51.4. The fourth-order valence-corrected chi connectivity index (χ4v) is 11.3. The number of halogens is 1. The molecule has 0 spiro atoms. The number of hydrogen-bond acceptors (Lipinski definition) is 11. The largest absolute Gasteiger partial charge is 0.459 e. The number of benzene rings is 6. The van der Waals surface area contributed by atoms with Crippen molar-refractivity contribution in [2.75, 3.05) is 32.3 Å². The molecular weight excluding hydrogens is 958 g/mol. The average Bonchev–Trinajstić information content (AvgIpc) is 3.46. The summed E-state index contributed by atoms with van der Waals surface area (Å²) in [6.45, 7) is 4.33. The number of alkyl halides is 1. The lowest BCUT2D eigenvalue weighted by Gasteiger charge is -2.59. The molecule has 13 nitrogen and oxygen atoms in total. The Balaban J connectivity index is 1.22. The molecule has 0 bridgehead atoms. The van der Waals surface area contributed by atoms with Gasteiger partial charge in [0.25, 0.3) is 5.69 Å². The van der Waals surface area contributed by atoms with Crippen molar-refractivity contribution in [1.82, 2.24) is 4.90 Å². The number of carbonyl (C=O) groups excluding carboxylic acids is 1. The maximum absolute atomic E-state index is 15.0. The van der Waals surface area contributed by atoms with Crippen LogP contribution in [0.15, 0.2) is 169 Å². The third-order valence-electron chi connectivity index (χ3n) is 14.5.